The number of benzene rings is 1. The molecular formula is C35H33F8N7O4. The zero-order valence-electron chi connectivity index (χ0n) is 28.4. The number of carbonyl (C=O) groups excluding carboxylic acids is 3. The van der Waals surface area contributed by atoms with Crippen LogP contribution in [-0.4, -0.2) is 104 Å². The maximum absolute atomic E-state index is 15.8. The molecule has 0 radical (unpaired) electrons. The number of hydrogen-bond donors (Lipinski definition) is 1. The van der Waals surface area contributed by atoms with Crippen LogP contribution >= 0.6 is 0 Å². The van der Waals surface area contributed by atoms with Crippen LogP contribution in [0, 0.1) is 5.82 Å². The van der Waals surface area contributed by atoms with E-state index in [2.05, 4.69) is 20.3 Å². The number of pyridine rings is 1. The van der Waals surface area contributed by atoms with E-state index in [1.165, 1.54) is 18.2 Å². The first-order valence-corrected chi connectivity index (χ1v) is 17.3. The molecule has 1 atom stereocenters. The molecule has 4 fully saturated rings. The molecule has 3 saturated heterocycles. The minimum atomic E-state index is -5.40. The van der Waals surface area contributed by atoms with Crippen LogP contribution in [0.1, 0.15) is 55.0 Å². The number of halogens is 8. The normalized spacial score (nSPS) is 25.0. The molecule has 2 aromatic heterocycles. The Kier molecular flexibility index (Phi) is 8.37. The van der Waals surface area contributed by atoms with Gasteiger partial charge in [0.1, 0.15) is 17.9 Å². The predicted molar refractivity (Wildman–Crippen MR) is 170 cm³/mol. The highest BCUT2D eigenvalue weighted by atomic mass is 19.4. The van der Waals surface area contributed by atoms with E-state index in [4.69, 9.17) is 4.74 Å². The molecule has 54 heavy (non-hydrogen) atoms. The van der Waals surface area contributed by atoms with Gasteiger partial charge in [-0.2, -0.15) is 18.3 Å². The number of ether oxygens (including phenoxy) is 1. The Hall–Kier alpha value is -4.65. The Balaban J connectivity index is 1.03. The number of piperidine rings is 1. The number of carbonyl (C=O) groups is 3. The summed E-state index contributed by atoms with van der Waals surface area (Å²) in [6.45, 7) is 0.751. The minimum Gasteiger partial charge on any atom is -0.378 e. The van der Waals surface area contributed by atoms with Crippen molar-refractivity contribution in [1.82, 2.24) is 34.8 Å². The van der Waals surface area contributed by atoms with Crippen LogP contribution in [0.4, 0.5) is 39.9 Å². The number of likely N-dealkylation sites (tertiary alicyclic amines) is 1. The van der Waals surface area contributed by atoms with Crippen LogP contribution in [0.15, 0.2) is 48.9 Å². The topological polar surface area (TPSA) is 113 Å². The van der Waals surface area contributed by atoms with E-state index < -0.39 is 90.7 Å². The number of imide groups is 1. The number of fused-ring (bicyclic) bond motifs is 2. The molecule has 1 aromatic carbocycles. The smallest absolute Gasteiger partial charge is 0.378 e. The van der Waals surface area contributed by atoms with Crippen molar-refractivity contribution < 1.29 is 54.2 Å². The van der Waals surface area contributed by atoms with Crippen molar-refractivity contribution in [3.8, 4) is 11.1 Å². The molecule has 8 rings (SSSR count). The quantitative estimate of drug-likeness (QED) is 0.250. The standard InChI is InChI=1S/C35H33F8N7O4/c36-22-2-3-23(44-11-22)13-49(31(35(41,42)43)17-32(37,38)18-31)28(51)14-48-29(52)33(46-30(48)53)19-34(39,40)27-9-20(1-4-26(27)33)21-10-45-50(12-21)24-5-7-47(8-6-24)25-15-54-16-25/h1-4,9-12,24-25H,5-8,13-19H2,(H,46,53)/t33-/m0/s1. The van der Waals surface area contributed by atoms with Gasteiger partial charge in [0.05, 0.1) is 56.4 Å². The maximum Gasteiger partial charge on any atom is 0.412 e. The summed E-state index contributed by atoms with van der Waals surface area (Å²) in [4.78, 5) is 47.1. The summed E-state index contributed by atoms with van der Waals surface area (Å²) in [6, 6.07) is 4.91. The zero-order chi connectivity index (χ0) is 38.4. The fourth-order valence-electron chi connectivity index (χ4n) is 8.34. The van der Waals surface area contributed by atoms with E-state index in [1.807, 2.05) is 0 Å². The lowest BCUT2D eigenvalue weighted by Gasteiger charge is -2.54. The number of amides is 4. The molecular weight excluding hydrogens is 734 g/mol. The first kappa shape index (κ1) is 36.3. The summed E-state index contributed by atoms with van der Waals surface area (Å²) in [7, 11) is 0. The number of nitrogens with zero attached hydrogens (tertiary/aromatic N) is 6. The van der Waals surface area contributed by atoms with Gasteiger partial charge in [0.2, 0.25) is 5.91 Å². The zero-order valence-corrected chi connectivity index (χ0v) is 28.4. The molecule has 2 aliphatic carbocycles. The monoisotopic (exact) mass is 767 g/mol. The van der Waals surface area contributed by atoms with Crippen LogP contribution < -0.4 is 5.32 Å². The number of hydrogen-bond acceptors (Lipinski definition) is 7. The van der Waals surface area contributed by atoms with Gasteiger partial charge >= 0.3 is 12.2 Å². The van der Waals surface area contributed by atoms with Crippen LogP contribution in [0.2, 0.25) is 0 Å². The molecule has 3 aromatic rings. The third-order valence-electron chi connectivity index (χ3n) is 11.3. The molecule has 5 heterocycles. The van der Waals surface area contributed by atoms with Gasteiger partial charge in [-0.05, 0) is 42.2 Å². The number of rotatable bonds is 8. The van der Waals surface area contributed by atoms with Crippen molar-refractivity contribution in [1.29, 1.82) is 0 Å². The SMILES string of the molecule is O=C1N[C@]2(CC(F)(F)c3cc(-c4cnn(C5CCN(C6COC6)CC5)c4)ccc32)C(=O)N1CC(=O)N(Cc1ccc(F)cn1)C1(C(F)(F)F)CC(F)(F)C1. The minimum absolute atomic E-state index is 0.0481. The molecule has 0 bridgehead atoms. The van der Waals surface area contributed by atoms with E-state index in [-0.39, 0.29) is 27.1 Å². The highest BCUT2D eigenvalue weighted by molar-refractivity contribution is 6.10. The summed E-state index contributed by atoms with van der Waals surface area (Å²) in [5.41, 5.74) is -6.01. The van der Waals surface area contributed by atoms with Crippen LogP contribution in [0.5, 0.6) is 0 Å². The fraction of sp³-hybridized carbons (Fsp3) is 0.514. The second-order valence-corrected chi connectivity index (χ2v) is 14.7. The second-order valence-electron chi connectivity index (χ2n) is 14.7. The molecule has 1 saturated carbocycles. The van der Waals surface area contributed by atoms with Crippen LogP contribution in [0.25, 0.3) is 11.1 Å². The summed E-state index contributed by atoms with van der Waals surface area (Å²) in [6.07, 6.45) is -4.61. The van der Waals surface area contributed by atoms with Gasteiger partial charge in [-0.15, -0.1) is 0 Å². The van der Waals surface area contributed by atoms with Crippen LogP contribution in [0.3, 0.4) is 0 Å². The van der Waals surface area contributed by atoms with Gasteiger partial charge in [-0.1, -0.05) is 12.1 Å². The lowest BCUT2D eigenvalue weighted by molar-refractivity contribution is -0.308. The summed E-state index contributed by atoms with van der Waals surface area (Å²) < 4.78 is 124. The van der Waals surface area contributed by atoms with E-state index in [9.17, 15) is 40.7 Å². The summed E-state index contributed by atoms with van der Waals surface area (Å²) in [5, 5.41) is 6.71. The largest absolute Gasteiger partial charge is 0.412 e. The molecule has 11 nitrogen and oxygen atoms in total. The van der Waals surface area contributed by atoms with Crippen molar-refractivity contribution in [2.75, 3.05) is 32.8 Å². The number of nitrogens with one attached hydrogen (secondary N) is 1. The molecule has 288 valence electrons. The van der Waals surface area contributed by atoms with Crippen LogP contribution in [-0.2, 0) is 32.3 Å². The predicted octanol–water partition coefficient (Wildman–Crippen LogP) is 5.12. The lowest BCUT2D eigenvalue weighted by Crippen LogP contribution is -2.71. The van der Waals surface area contributed by atoms with Gasteiger partial charge in [-0.25, -0.2) is 26.7 Å². The van der Waals surface area contributed by atoms with E-state index in [0.717, 1.165) is 38.1 Å². The number of alkyl halides is 7. The van der Waals surface area contributed by atoms with Gasteiger partial charge in [-0.3, -0.25) is 29.1 Å². The van der Waals surface area contributed by atoms with Crippen molar-refractivity contribution in [2.45, 2.75) is 79.8 Å². The Bertz CT molecular complexity index is 1990. The molecule has 19 heteroatoms. The molecule has 1 N–H and O–H groups in total. The Morgan fingerprint density at radius 1 is 0.944 bits per heavy atom. The third-order valence-corrected chi connectivity index (χ3v) is 11.3. The third kappa shape index (κ3) is 5.90. The molecule has 5 aliphatic rings. The van der Waals surface area contributed by atoms with Crippen molar-refractivity contribution >= 4 is 17.8 Å². The summed E-state index contributed by atoms with van der Waals surface area (Å²) in [5.74, 6) is -11.2. The number of aromatic nitrogens is 3. The first-order valence-electron chi connectivity index (χ1n) is 17.3. The molecule has 4 amide bonds. The Labute approximate surface area is 302 Å². The van der Waals surface area contributed by atoms with E-state index >= 15 is 8.78 Å². The maximum atomic E-state index is 15.8. The van der Waals surface area contributed by atoms with E-state index in [0.29, 0.717) is 36.6 Å². The lowest BCUT2D eigenvalue weighted by atomic mass is 9.71. The van der Waals surface area contributed by atoms with Gasteiger partial charge in [0.25, 0.3) is 17.8 Å². The second kappa shape index (κ2) is 12.4. The Morgan fingerprint density at radius 2 is 1.67 bits per heavy atom. The Morgan fingerprint density at radius 3 is 2.28 bits per heavy atom. The number of urea groups is 1. The van der Waals surface area contributed by atoms with E-state index in [1.54, 1.807) is 17.1 Å². The van der Waals surface area contributed by atoms with Crippen molar-refractivity contribution in [3.05, 3.63) is 71.6 Å². The highest BCUT2D eigenvalue weighted by Crippen LogP contribution is 2.58. The first-order chi connectivity index (χ1) is 25.4. The average molecular weight is 768 g/mol. The summed E-state index contributed by atoms with van der Waals surface area (Å²) >= 11 is 0. The van der Waals surface area contributed by atoms with Gasteiger partial charge in [0, 0.05) is 43.3 Å². The van der Waals surface area contributed by atoms with Crippen molar-refractivity contribution in [2.24, 2.45) is 0 Å². The average Bonchev–Trinajstić information content (AvgIpc) is 3.72. The molecule has 3 aliphatic heterocycles. The highest BCUT2D eigenvalue weighted by Gasteiger charge is 2.73. The van der Waals surface area contributed by atoms with Crippen molar-refractivity contribution in [3.63, 3.8) is 0 Å². The van der Waals surface area contributed by atoms with Gasteiger partial charge < -0.3 is 15.0 Å². The molecule has 0 unspecified atom stereocenters. The van der Waals surface area contributed by atoms with Gasteiger partial charge in [0.15, 0.2) is 5.54 Å². The molecule has 1 spiro atoms. The fourth-order valence-corrected chi connectivity index (χ4v) is 8.34.